The average molecular weight is 440 g/mol. The molecule has 0 amide bonds. The number of furan rings is 1. The van der Waals surface area contributed by atoms with Gasteiger partial charge in [-0.1, -0.05) is 30.0 Å². The zero-order valence-corrected chi connectivity index (χ0v) is 18.7. The summed E-state index contributed by atoms with van der Waals surface area (Å²) in [5.74, 6) is 0. The Hall–Kier alpha value is -3.02. The summed E-state index contributed by atoms with van der Waals surface area (Å²) >= 11 is 1.88. The molecule has 5 heteroatoms. The summed E-state index contributed by atoms with van der Waals surface area (Å²) in [6.07, 6.45) is 9.66. The van der Waals surface area contributed by atoms with Gasteiger partial charge in [0.25, 0.3) is 0 Å². The molecule has 160 valence electrons. The Bertz CT molecular complexity index is 1200. The molecule has 4 aromatic rings. The first-order valence-corrected chi connectivity index (χ1v) is 12.0. The Morgan fingerprint density at radius 1 is 0.875 bits per heavy atom. The van der Waals surface area contributed by atoms with Gasteiger partial charge in [0.1, 0.15) is 0 Å². The Morgan fingerprint density at radius 3 is 2.50 bits per heavy atom. The zero-order chi connectivity index (χ0) is 21.3. The molecule has 2 aromatic heterocycles. The molecular formula is C27H25N3OS. The summed E-state index contributed by atoms with van der Waals surface area (Å²) in [6.45, 7) is 3.18. The molecule has 0 aliphatic carbocycles. The number of piperidine rings is 1. The van der Waals surface area contributed by atoms with Gasteiger partial charge in [-0.25, -0.2) is 0 Å². The summed E-state index contributed by atoms with van der Waals surface area (Å²) in [5, 5.41) is 0. The third kappa shape index (κ3) is 3.72. The number of hydrogen-bond donors (Lipinski definition) is 0. The van der Waals surface area contributed by atoms with Crippen LogP contribution in [0.5, 0.6) is 0 Å². The van der Waals surface area contributed by atoms with Crippen LogP contribution in [0.25, 0.3) is 11.1 Å². The van der Waals surface area contributed by atoms with E-state index >= 15 is 0 Å². The SMILES string of the molecule is c1ccc2c(c1)Sc1cc(-c3ccncc3)ccc1N2C1CCN(Cc2ccoc2)CC1. The van der Waals surface area contributed by atoms with Crippen molar-refractivity contribution in [3.05, 3.63) is 91.1 Å². The van der Waals surface area contributed by atoms with Crippen LogP contribution >= 0.6 is 11.8 Å². The topological polar surface area (TPSA) is 32.5 Å². The first-order chi connectivity index (χ1) is 15.8. The van der Waals surface area contributed by atoms with Gasteiger partial charge in [0, 0.05) is 53.4 Å². The van der Waals surface area contributed by atoms with E-state index in [9.17, 15) is 0 Å². The minimum atomic E-state index is 0.503. The van der Waals surface area contributed by atoms with Crippen molar-refractivity contribution in [2.45, 2.75) is 35.2 Å². The number of aromatic nitrogens is 1. The van der Waals surface area contributed by atoms with Gasteiger partial charge in [0.15, 0.2) is 0 Å². The maximum absolute atomic E-state index is 5.25. The highest BCUT2D eigenvalue weighted by Gasteiger charge is 2.31. The summed E-state index contributed by atoms with van der Waals surface area (Å²) in [5.41, 5.74) is 6.39. The number of pyridine rings is 1. The van der Waals surface area contributed by atoms with E-state index < -0.39 is 0 Å². The van der Waals surface area contributed by atoms with E-state index in [1.54, 1.807) is 6.26 Å². The van der Waals surface area contributed by atoms with Crippen LogP contribution in [0.3, 0.4) is 0 Å². The van der Waals surface area contributed by atoms with Gasteiger partial charge in [-0.3, -0.25) is 9.88 Å². The predicted octanol–water partition coefficient (Wildman–Crippen LogP) is 6.61. The van der Waals surface area contributed by atoms with Crippen LogP contribution in [0, 0.1) is 0 Å². The maximum Gasteiger partial charge on any atom is 0.0947 e. The van der Waals surface area contributed by atoms with E-state index in [1.807, 2.05) is 30.4 Å². The third-order valence-electron chi connectivity index (χ3n) is 6.49. The van der Waals surface area contributed by atoms with Gasteiger partial charge < -0.3 is 9.32 Å². The summed E-state index contributed by atoms with van der Waals surface area (Å²) in [6, 6.07) is 22.5. The molecule has 2 aromatic carbocycles. The minimum absolute atomic E-state index is 0.503. The van der Waals surface area contributed by atoms with E-state index in [2.05, 4.69) is 75.4 Å². The van der Waals surface area contributed by atoms with Crippen LogP contribution in [-0.4, -0.2) is 29.0 Å². The van der Waals surface area contributed by atoms with Crippen molar-refractivity contribution in [3.63, 3.8) is 0 Å². The smallest absolute Gasteiger partial charge is 0.0947 e. The Kier molecular flexibility index (Phi) is 5.21. The molecule has 4 heterocycles. The first kappa shape index (κ1) is 19.6. The number of anilines is 2. The molecule has 0 N–H and O–H groups in total. The average Bonchev–Trinajstić information content (AvgIpc) is 3.36. The fourth-order valence-electron chi connectivity index (χ4n) is 4.88. The van der Waals surface area contributed by atoms with Gasteiger partial charge in [-0.15, -0.1) is 0 Å². The van der Waals surface area contributed by atoms with E-state index in [0.29, 0.717) is 6.04 Å². The van der Waals surface area contributed by atoms with Crippen molar-refractivity contribution in [2.24, 2.45) is 0 Å². The molecule has 4 nitrogen and oxygen atoms in total. The molecule has 1 saturated heterocycles. The normalized spacial score (nSPS) is 16.6. The fraction of sp³-hybridized carbons (Fsp3) is 0.222. The molecule has 0 radical (unpaired) electrons. The van der Waals surface area contributed by atoms with Crippen LogP contribution in [0.15, 0.2) is 99.8 Å². The van der Waals surface area contributed by atoms with E-state index in [1.165, 1.54) is 37.9 Å². The van der Waals surface area contributed by atoms with Gasteiger partial charge in [-0.05, 0) is 66.4 Å². The van der Waals surface area contributed by atoms with Crippen molar-refractivity contribution >= 4 is 23.1 Å². The molecule has 32 heavy (non-hydrogen) atoms. The molecule has 2 aliphatic rings. The van der Waals surface area contributed by atoms with Crippen LogP contribution in [0.2, 0.25) is 0 Å². The highest BCUT2D eigenvalue weighted by Crippen LogP contribution is 2.50. The number of likely N-dealkylation sites (tertiary alicyclic amines) is 1. The van der Waals surface area contributed by atoms with Gasteiger partial charge in [0.2, 0.25) is 0 Å². The van der Waals surface area contributed by atoms with Crippen molar-refractivity contribution in [1.82, 2.24) is 9.88 Å². The lowest BCUT2D eigenvalue weighted by atomic mass is 9.99. The van der Waals surface area contributed by atoms with Crippen LogP contribution in [-0.2, 0) is 6.54 Å². The quantitative estimate of drug-likeness (QED) is 0.357. The Balaban J connectivity index is 1.29. The monoisotopic (exact) mass is 439 g/mol. The Labute approximate surface area is 192 Å². The molecule has 0 bridgehead atoms. The number of para-hydroxylation sites is 1. The lowest BCUT2D eigenvalue weighted by Gasteiger charge is -2.43. The van der Waals surface area contributed by atoms with Crippen molar-refractivity contribution in [1.29, 1.82) is 0 Å². The predicted molar refractivity (Wildman–Crippen MR) is 129 cm³/mol. The molecule has 2 aliphatic heterocycles. The van der Waals surface area contributed by atoms with Gasteiger partial charge in [-0.2, -0.15) is 0 Å². The Morgan fingerprint density at radius 2 is 1.69 bits per heavy atom. The number of fused-ring (bicyclic) bond motifs is 2. The second-order valence-electron chi connectivity index (χ2n) is 8.50. The highest BCUT2D eigenvalue weighted by atomic mass is 32.2. The highest BCUT2D eigenvalue weighted by molar-refractivity contribution is 7.99. The molecule has 0 unspecified atom stereocenters. The second-order valence-corrected chi connectivity index (χ2v) is 9.58. The van der Waals surface area contributed by atoms with Crippen molar-refractivity contribution < 1.29 is 4.42 Å². The lowest BCUT2D eigenvalue weighted by Crippen LogP contribution is -2.43. The lowest BCUT2D eigenvalue weighted by molar-refractivity contribution is 0.204. The summed E-state index contributed by atoms with van der Waals surface area (Å²) in [4.78, 5) is 12.0. The van der Waals surface area contributed by atoms with Crippen LogP contribution < -0.4 is 4.90 Å². The molecular weight excluding hydrogens is 414 g/mol. The van der Waals surface area contributed by atoms with Crippen molar-refractivity contribution in [3.8, 4) is 11.1 Å². The fourth-order valence-corrected chi connectivity index (χ4v) is 5.99. The van der Waals surface area contributed by atoms with Gasteiger partial charge >= 0.3 is 0 Å². The molecule has 0 atom stereocenters. The summed E-state index contributed by atoms with van der Waals surface area (Å²) < 4.78 is 5.25. The maximum atomic E-state index is 5.25. The molecule has 1 fully saturated rings. The minimum Gasteiger partial charge on any atom is -0.472 e. The standard InChI is InChI=1S/C27H25N3OS/c1-2-4-26-24(3-1)30(23-9-14-29(15-10-23)18-20-11-16-31-19-20)25-6-5-22(17-27(25)32-26)21-7-12-28-13-8-21/h1-8,11-13,16-17,19,23H,9-10,14-15,18H2. The van der Waals surface area contributed by atoms with E-state index in [4.69, 9.17) is 4.42 Å². The number of rotatable bonds is 4. The van der Waals surface area contributed by atoms with Crippen molar-refractivity contribution in [2.75, 3.05) is 18.0 Å². The number of benzene rings is 2. The van der Waals surface area contributed by atoms with Crippen LogP contribution in [0.4, 0.5) is 11.4 Å². The molecule has 6 rings (SSSR count). The van der Waals surface area contributed by atoms with E-state index in [-0.39, 0.29) is 0 Å². The largest absolute Gasteiger partial charge is 0.472 e. The number of nitrogens with zero attached hydrogens (tertiary/aromatic N) is 3. The number of hydrogen-bond acceptors (Lipinski definition) is 5. The third-order valence-corrected chi connectivity index (χ3v) is 7.60. The van der Waals surface area contributed by atoms with E-state index in [0.717, 1.165) is 32.5 Å². The summed E-state index contributed by atoms with van der Waals surface area (Å²) in [7, 11) is 0. The zero-order valence-electron chi connectivity index (χ0n) is 17.9. The second kappa shape index (κ2) is 8.49. The van der Waals surface area contributed by atoms with Gasteiger partial charge in [0.05, 0.1) is 23.9 Å². The molecule has 0 saturated carbocycles. The molecule has 0 spiro atoms. The van der Waals surface area contributed by atoms with Crippen LogP contribution in [0.1, 0.15) is 18.4 Å². The first-order valence-electron chi connectivity index (χ1n) is 11.2.